The quantitative estimate of drug-likeness (QED) is 0.456. The number of rotatable bonds is 12. The maximum atomic E-state index is 13.5. The molecule has 0 aliphatic heterocycles. The van der Waals surface area contributed by atoms with Crippen molar-refractivity contribution in [2.75, 3.05) is 17.1 Å². The van der Waals surface area contributed by atoms with E-state index in [1.165, 1.54) is 10.6 Å². The number of anilines is 1. The Labute approximate surface area is 215 Å². The Morgan fingerprint density at radius 3 is 2.25 bits per heavy atom. The maximum absolute atomic E-state index is 13.5. The summed E-state index contributed by atoms with van der Waals surface area (Å²) in [5, 5.41) is 3.16. The number of nitrogens with one attached hydrogen (secondary N) is 1. The Hall–Kier alpha value is -2.87. The number of carbonyl (C=O) groups is 2. The molecule has 1 fully saturated rings. The van der Waals surface area contributed by atoms with Gasteiger partial charge in [0.1, 0.15) is 6.04 Å². The summed E-state index contributed by atoms with van der Waals surface area (Å²) in [4.78, 5) is 28.4. The Bertz CT molecular complexity index is 1100. The van der Waals surface area contributed by atoms with Gasteiger partial charge in [-0.25, -0.2) is 8.42 Å². The number of amides is 2. The van der Waals surface area contributed by atoms with Crippen LogP contribution in [0.1, 0.15) is 63.0 Å². The Balaban J connectivity index is 1.74. The maximum Gasteiger partial charge on any atom is 0.243 e. The first-order valence-corrected chi connectivity index (χ1v) is 14.7. The predicted octanol–water partition coefficient (Wildman–Crippen LogP) is 4.41. The lowest BCUT2D eigenvalue weighted by Crippen LogP contribution is -2.51. The molecule has 1 N–H and O–H groups in total. The summed E-state index contributed by atoms with van der Waals surface area (Å²) in [6.45, 7) is 4.47. The molecule has 7 nitrogen and oxygen atoms in total. The second kappa shape index (κ2) is 12.9. The van der Waals surface area contributed by atoms with Crippen molar-refractivity contribution in [3.05, 3.63) is 65.7 Å². The third kappa shape index (κ3) is 7.82. The SMILES string of the molecule is CCC(C(=O)NC1CCCC1)N(Cc1ccc(C)cc1)C(=O)CCCN(c1ccccc1)S(C)(=O)=O. The largest absolute Gasteiger partial charge is 0.352 e. The molecule has 196 valence electrons. The monoisotopic (exact) mass is 513 g/mol. The molecule has 36 heavy (non-hydrogen) atoms. The second-order valence-electron chi connectivity index (χ2n) is 9.70. The van der Waals surface area contributed by atoms with E-state index in [0.717, 1.165) is 36.8 Å². The van der Waals surface area contributed by atoms with Gasteiger partial charge in [0.2, 0.25) is 21.8 Å². The van der Waals surface area contributed by atoms with Crippen LogP contribution in [-0.4, -0.2) is 50.0 Å². The van der Waals surface area contributed by atoms with E-state index in [1.807, 2.05) is 44.2 Å². The van der Waals surface area contributed by atoms with Crippen LogP contribution in [0, 0.1) is 6.92 Å². The minimum absolute atomic E-state index is 0.105. The molecular weight excluding hydrogens is 474 g/mol. The molecule has 1 aliphatic rings. The summed E-state index contributed by atoms with van der Waals surface area (Å²) < 4.78 is 26.1. The number of sulfonamides is 1. The fourth-order valence-corrected chi connectivity index (χ4v) is 5.74. The highest BCUT2D eigenvalue weighted by Gasteiger charge is 2.30. The number of aryl methyl sites for hydroxylation is 1. The van der Waals surface area contributed by atoms with E-state index in [1.54, 1.807) is 29.2 Å². The lowest BCUT2D eigenvalue weighted by atomic mass is 10.1. The third-order valence-electron chi connectivity index (χ3n) is 6.76. The summed E-state index contributed by atoms with van der Waals surface area (Å²) in [7, 11) is -3.49. The lowest BCUT2D eigenvalue weighted by molar-refractivity contribution is -0.141. The normalized spacial score (nSPS) is 14.9. The van der Waals surface area contributed by atoms with Crippen LogP contribution in [0.25, 0.3) is 0 Å². The number of hydrogen-bond acceptors (Lipinski definition) is 4. The molecule has 0 spiro atoms. The predicted molar refractivity (Wildman–Crippen MR) is 144 cm³/mol. The average Bonchev–Trinajstić information content (AvgIpc) is 3.35. The molecule has 1 saturated carbocycles. The summed E-state index contributed by atoms with van der Waals surface area (Å²) in [6.07, 6.45) is 6.38. The van der Waals surface area contributed by atoms with Gasteiger partial charge in [0.25, 0.3) is 0 Å². The number of para-hydroxylation sites is 1. The van der Waals surface area contributed by atoms with Gasteiger partial charge in [0.05, 0.1) is 11.9 Å². The molecule has 3 rings (SSSR count). The van der Waals surface area contributed by atoms with Gasteiger partial charge >= 0.3 is 0 Å². The second-order valence-corrected chi connectivity index (χ2v) is 11.6. The molecule has 8 heteroatoms. The molecule has 0 radical (unpaired) electrons. The first kappa shape index (κ1) is 27.7. The van der Waals surface area contributed by atoms with Gasteiger partial charge in [-0.05, 0) is 50.3 Å². The first-order valence-electron chi connectivity index (χ1n) is 12.9. The van der Waals surface area contributed by atoms with E-state index in [9.17, 15) is 18.0 Å². The van der Waals surface area contributed by atoms with Gasteiger partial charge in [0, 0.05) is 25.6 Å². The zero-order valence-electron chi connectivity index (χ0n) is 21.7. The molecule has 0 saturated heterocycles. The smallest absolute Gasteiger partial charge is 0.243 e. The highest BCUT2D eigenvalue weighted by molar-refractivity contribution is 7.92. The van der Waals surface area contributed by atoms with E-state index in [0.29, 0.717) is 25.1 Å². The molecular formula is C28H39N3O4S. The standard InChI is InChI=1S/C28H39N3O4S/c1-4-26(28(33)29-24-11-8-9-12-24)30(21-23-18-16-22(2)17-19-23)27(32)15-10-20-31(36(3,34)35)25-13-6-5-7-14-25/h5-7,13-14,16-19,24,26H,4,8-12,15,20-21H2,1-3H3,(H,29,33). The van der Waals surface area contributed by atoms with E-state index < -0.39 is 16.1 Å². The molecule has 0 bridgehead atoms. The van der Waals surface area contributed by atoms with Crippen LogP contribution < -0.4 is 9.62 Å². The number of benzene rings is 2. The molecule has 0 heterocycles. The van der Waals surface area contributed by atoms with Crippen LogP contribution in [0.2, 0.25) is 0 Å². The Kier molecular flexibility index (Phi) is 9.93. The van der Waals surface area contributed by atoms with Crippen molar-refractivity contribution in [2.45, 2.75) is 77.4 Å². The van der Waals surface area contributed by atoms with Crippen molar-refractivity contribution < 1.29 is 18.0 Å². The van der Waals surface area contributed by atoms with Crippen molar-refractivity contribution >= 4 is 27.5 Å². The van der Waals surface area contributed by atoms with Gasteiger partial charge < -0.3 is 10.2 Å². The molecule has 2 aromatic carbocycles. The van der Waals surface area contributed by atoms with Crippen LogP contribution in [-0.2, 0) is 26.2 Å². The van der Waals surface area contributed by atoms with Crippen molar-refractivity contribution in [1.82, 2.24) is 10.2 Å². The lowest BCUT2D eigenvalue weighted by Gasteiger charge is -2.32. The highest BCUT2D eigenvalue weighted by atomic mass is 32.2. The first-order chi connectivity index (χ1) is 17.2. The summed E-state index contributed by atoms with van der Waals surface area (Å²) in [5.74, 6) is -0.252. The van der Waals surface area contributed by atoms with E-state index in [-0.39, 0.29) is 30.8 Å². The van der Waals surface area contributed by atoms with Crippen molar-refractivity contribution in [3.63, 3.8) is 0 Å². The van der Waals surface area contributed by atoms with Crippen LogP contribution in [0.3, 0.4) is 0 Å². The fourth-order valence-electron chi connectivity index (χ4n) is 4.78. The van der Waals surface area contributed by atoms with E-state index in [2.05, 4.69) is 5.32 Å². The summed E-state index contributed by atoms with van der Waals surface area (Å²) >= 11 is 0. The van der Waals surface area contributed by atoms with Crippen LogP contribution in [0.5, 0.6) is 0 Å². The minimum Gasteiger partial charge on any atom is -0.352 e. The van der Waals surface area contributed by atoms with E-state index in [4.69, 9.17) is 0 Å². The molecule has 1 aliphatic carbocycles. The van der Waals surface area contributed by atoms with Gasteiger partial charge in [-0.15, -0.1) is 0 Å². The molecule has 2 amide bonds. The topological polar surface area (TPSA) is 86.8 Å². The fraction of sp³-hybridized carbons (Fsp3) is 0.500. The van der Waals surface area contributed by atoms with Gasteiger partial charge in [-0.1, -0.05) is 67.8 Å². The van der Waals surface area contributed by atoms with Crippen LogP contribution in [0.4, 0.5) is 5.69 Å². The van der Waals surface area contributed by atoms with Gasteiger partial charge in [0.15, 0.2) is 0 Å². The van der Waals surface area contributed by atoms with Crippen LogP contribution >= 0.6 is 0 Å². The Morgan fingerprint density at radius 2 is 1.67 bits per heavy atom. The molecule has 1 atom stereocenters. The summed E-state index contributed by atoms with van der Waals surface area (Å²) in [5.41, 5.74) is 2.67. The Morgan fingerprint density at radius 1 is 1.03 bits per heavy atom. The minimum atomic E-state index is -3.49. The number of hydrogen-bond donors (Lipinski definition) is 1. The van der Waals surface area contributed by atoms with Gasteiger partial charge in [-0.3, -0.25) is 13.9 Å². The highest BCUT2D eigenvalue weighted by Crippen LogP contribution is 2.21. The van der Waals surface area contributed by atoms with Gasteiger partial charge in [-0.2, -0.15) is 0 Å². The van der Waals surface area contributed by atoms with Crippen molar-refractivity contribution in [3.8, 4) is 0 Å². The number of carbonyl (C=O) groups excluding carboxylic acids is 2. The molecule has 0 aromatic heterocycles. The average molecular weight is 514 g/mol. The zero-order valence-corrected chi connectivity index (χ0v) is 22.5. The van der Waals surface area contributed by atoms with E-state index >= 15 is 0 Å². The van der Waals surface area contributed by atoms with Crippen molar-refractivity contribution in [2.24, 2.45) is 0 Å². The zero-order chi connectivity index (χ0) is 26.1. The molecule has 2 aromatic rings. The third-order valence-corrected chi connectivity index (χ3v) is 7.95. The summed E-state index contributed by atoms with van der Waals surface area (Å²) in [6, 6.07) is 16.5. The molecule has 1 unspecified atom stereocenters. The number of nitrogens with zero attached hydrogens (tertiary/aromatic N) is 2. The van der Waals surface area contributed by atoms with Crippen LogP contribution in [0.15, 0.2) is 54.6 Å². The van der Waals surface area contributed by atoms with Crippen molar-refractivity contribution in [1.29, 1.82) is 0 Å².